The van der Waals surface area contributed by atoms with Crippen LogP contribution < -0.4 is 4.74 Å². The molecule has 0 aliphatic carbocycles. The molecule has 0 radical (unpaired) electrons. The van der Waals surface area contributed by atoms with E-state index in [1.54, 1.807) is 19.2 Å². The Balaban J connectivity index is 1.46. The molecule has 0 N–H and O–H groups in total. The number of halogens is 1. The summed E-state index contributed by atoms with van der Waals surface area (Å²) in [6.07, 6.45) is 0. The Morgan fingerprint density at radius 2 is 1.96 bits per heavy atom. The molecule has 2 heterocycles. The van der Waals surface area contributed by atoms with Gasteiger partial charge in [-0.05, 0) is 23.8 Å². The number of piperazine rings is 1. The van der Waals surface area contributed by atoms with E-state index in [-0.39, 0.29) is 5.82 Å². The SMILES string of the molecule is COc1ccc(F)cc1CN1CCN2[C@@H](COC[C@@H]2c2ccccc2)C1. The van der Waals surface area contributed by atoms with Gasteiger partial charge >= 0.3 is 0 Å². The maximum atomic E-state index is 13.6. The van der Waals surface area contributed by atoms with Crippen molar-refractivity contribution in [2.24, 2.45) is 0 Å². The lowest BCUT2D eigenvalue weighted by atomic mass is 10.00. The maximum Gasteiger partial charge on any atom is 0.123 e. The van der Waals surface area contributed by atoms with Crippen LogP contribution in [0.25, 0.3) is 0 Å². The zero-order valence-electron chi connectivity index (χ0n) is 15.1. The Labute approximate surface area is 154 Å². The summed E-state index contributed by atoms with van der Waals surface area (Å²) >= 11 is 0. The van der Waals surface area contributed by atoms with Crippen molar-refractivity contribution in [2.75, 3.05) is 40.0 Å². The molecule has 2 atom stereocenters. The molecule has 0 unspecified atom stereocenters. The highest BCUT2D eigenvalue weighted by molar-refractivity contribution is 5.34. The van der Waals surface area contributed by atoms with Crippen molar-refractivity contribution >= 4 is 0 Å². The van der Waals surface area contributed by atoms with E-state index in [1.165, 1.54) is 11.6 Å². The van der Waals surface area contributed by atoms with Crippen molar-refractivity contribution in [2.45, 2.75) is 18.6 Å². The summed E-state index contributed by atoms with van der Waals surface area (Å²) in [4.78, 5) is 4.94. The van der Waals surface area contributed by atoms with Gasteiger partial charge in [-0.2, -0.15) is 0 Å². The Hall–Kier alpha value is -1.95. The highest BCUT2D eigenvalue weighted by atomic mass is 19.1. The van der Waals surface area contributed by atoms with Gasteiger partial charge in [0.2, 0.25) is 0 Å². The number of rotatable bonds is 4. The molecule has 0 spiro atoms. The van der Waals surface area contributed by atoms with E-state index in [1.807, 2.05) is 0 Å². The molecule has 2 aliphatic rings. The molecule has 2 aliphatic heterocycles. The number of fused-ring (bicyclic) bond motifs is 1. The van der Waals surface area contributed by atoms with Crippen molar-refractivity contribution < 1.29 is 13.9 Å². The lowest BCUT2D eigenvalue weighted by molar-refractivity contribution is -0.0836. The molecule has 2 saturated heterocycles. The van der Waals surface area contributed by atoms with E-state index >= 15 is 0 Å². The highest BCUT2D eigenvalue weighted by Crippen LogP contribution is 2.30. The van der Waals surface area contributed by atoms with E-state index in [4.69, 9.17) is 9.47 Å². The molecule has 0 aromatic heterocycles. The van der Waals surface area contributed by atoms with Gasteiger partial charge in [0, 0.05) is 37.8 Å². The van der Waals surface area contributed by atoms with E-state index in [9.17, 15) is 4.39 Å². The van der Waals surface area contributed by atoms with Gasteiger partial charge in [-0.3, -0.25) is 9.80 Å². The summed E-state index contributed by atoms with van der Waals surface area (Å²) in [7, 11) is 1.63. The molecule has 2 aromatic carbocycles. The standard InChI is InChI=1S/C21H25FN2O2/c1-25-21-8-7-18(22)11-17(21)12-23-9-10-24-19(13-23)14-26-15-20(24)16-5-3-2-4-6-16/h2-8,11,19-20H,9-10,12-15H2,1H3/t19-,20-/m1/s1. The van der Waals surface area contributed by atoms with Gasteiger partial charge in [0.15, 0.2) is 0 Å². The monoisotopic (exact) mass is 356 g/mol. The van der Waals surface area contributed by atoms with E-state index in [0.717, 1.165) is 44.2 Å². The average molecular weight is 356 g/mol. The molecule has 5 heteroatoms. The molecule has 2 fully saturated rings. The number of nitrogens with zero attached hydrogens (tertiary/aromatic N) is 2. The van der Waals surface area contributed by atoms with Crippen molar-refractivity contribution in [3.05, 3.63) is 65.5 Å². The van der Waals surface area contributed by atoms with E-state index < -0.39 is 0 Å². The number of morpholine rings is 1. The minimum Gasteiger partial charge on any atom is -0.496 e. The van der Waals surface area contributed by atoms with Gasteiger partial charge in [-0.25, -0.2) is 4.39 Å². The van der Waals surface area contributed by atoms with Gasteiger partial charge in [0.25, 0.3) is 0 Å². The Morgan fingerprint density at radius 3 is 2.77 bits per heavy atom. The van der Waals surface area contributed by atoms with E-state index in [2.05, 4.69) is 40.1 Å². The van der Waals surface area contributed by atoms with Crippen LogP contribution in [0.5, 0.6) is 5.75 Å². The third kappa shape index (κ3) is 3.61. The smallest absolute Gasteiger partial charge is 0.123 e. The number of ether oxygens (including phenoxy) is 2. The second kappa shape index (κ2) is 7.74. The summed E-state index contributed by atoms with van der Waals surface area (Å²) in [6, 6.07) is 16.0. The van der Waals surface area contributed by atoms with Gasteiger partial charge < -0.3 is 9.47 Å². The second-order valence-electron chi connectivity index (χ2n) is 7.05. The van der Waals surface area contributed by atoms with Gasteiger partial charge in [-0.15, -0.1) is 0 Å². The fourth-order valence-electron chi connectivity index (χ4n) is 4.12. The zero-order chi connectivity index (χ0) is 17.9. The Morgan fingerprint density at radius 1 is 1.12 bits per heavy atom. The first-order valence-electron chi connectivity index (χ1n) is 9.18. The fraction of sp³-hybridized carbons (Fsp3) is 0.429. The third-order valence-corrected chi connectivity index (χ3v) is 5.42. The molecule has 0 saturated carbocycles. The van der Waals surface area contributed by atoms with Crippen LogP contribution >= 0.6 is 0 Å². The quantitative estimate of drug-likeness (QED) is 0.841. The molecular formula is C21H25FN2O2. The van der Waals surface area contributed by atoms with Crippen molar-refractivity contribution in [3.8, 4) is 5.75 Å². The summed E-state index contributed by atoms with van der Waals surface area (Å²) in [5, 5.41) is 0. The first kappa shape index (κ1) is 17.5. The largest absolute Gasteiger partial charge is 0.496 e. The topological polar surface area (TPSA) is 24.9 Å². The summed E-state index contributed by atoms with van der Waals surface area (Å²) < 4.78 is 25.0. The number of benzene rings is 2. The fourth-order valence-corrected chi connectivity index (χ4v) is 4.12. The lowest BCUT2D eigenvalue weighted by Crippen LogP contribution is -2.58. The molecule has 26 heavy (non-hydrogen) atoms. The summed E-state index contributed by atoms with van der Waals surface area (Å²) in [6.45, 7) is 5.06. The molecule has 4 nitrogen and oxygen atoms in total. The second-order valence-corrected chi connectivity index (χ2v) is 7.05. The van der Waals surface area contributed by atoms with Crippen LogP contribution in [0.1, 0.15) is 17.2 Å². The molecule has 0 amide bonds. The minimum atomic E-state index is -0.218. The predicted octanol–water partition coefficient (Wildman–Crippen LogP) is 3.09. The summed E-state index contributed by atoms with van der Waals surface area (Å²) in [5.74, 6) is 0.528. The molecule has 0 bridgehead atoms. The van der Waals surface area contributed by atoms with Crippen LogP contribution in [0.3, 0.4) is 0 Å². The summed E-state index contributed by atoms with van der Waals surface area (Å²) in [5.41, 5.74) is 2.22. The predicted molar refractivity (Wildman–Crippen MR) is 98.7 cm³/mol. The molecular weight excluding hydrogens is 331 g/mol. The van der Waals surface area contributed by atoms with Crippen molar-refractivity contribution in [3.63, 3.8) is 0 Å². The Kier molecular flexibility index (Phi) is 5.20. The first-order chi connectivity index (χ1) is 12.7. The van der Waals surface area contributed by atoms with Crippen LogP contribution in [-0.2, 0) is 11.3 Å². The molecule has 4 rings (SSSR count). The highest BCUT2D eigenvalue weighted by Gasteiger charge is 2.36. The van der Waals surface area contributed by atoms with Crippen LogP contribution in [-0.4, -0.2) is 55.8 Å². The number of hydrogen-bond acceptors (Lipinski definition) is 4. The lowest BCUT2D eigenvalue weighted by Gasteiger charge is -2.48. The van der Waals surface area contributed by atoms with Gasteiger partial charge in [0.05, 0.1) is 26.4 Å². The third-order valence-electron chi connectivity index (χ3n) is 5.42. The molecule has 138 valence electrons. The van der Waals surface area contributed by atoms with Crippen LogP contribution in [0.15, 0.2) is 48.5 Å². The average Bonchev–Trinajstić information content (AvgIpc) is 2.68. The van der Waals surface area contributed by atoms with Crippen LogP contribution in [0.2, 0.25) is 0 Å². The van der Waals surface area contributed by atoms with Crippen LogP contribution in [0.4, 0.5) is 4.39 Å². The van der Waals surface area contributed by atoms with Gasteiger partial charge in [-0.1, -0.05) is 30.3 Å². The number of methoxy groups -OCH3 is 1. The van der Waals surface area contributed by atoms with Crippen molar-refractivity contribution in [1.29, 1.82) is 0 Å². The Bertz CT molecular complexity index is 740. The van der Waals surface area contributed by atoms with Crippen molar-refractivity contribution in [1.82, 2.24) is 9.80 Å². The van der Waals surface area contributed by atoms with E-state index in [0.29, 0.717) is 18.6 Å². The van der Waals surface area contributed by atoms with Crippen LogP contribution in [0, 0.1) is 5.82 Å². The van der Waals surface area contributed by atoms with Gasteiger partial charge in [0.1, 0.15) is 11.6 Å². The minimum absolute atomic E-state index is 0.218. The zero-order valence-corrected chi connectivity index (χ0v) is 15.1. The maximum absolute atomic E-state index is 13.6. The first-order valence-corrected chi connectivity index (χ1v) is 9.18. The molecule has 2 aromatic rings. The normalized spacial score (nSPS) is 24.2. The number of hydrogen-bond donors (Lipinski definition) is 0.